The van der Waals surface area contributed by atoms with Gasteiger partial charge in [-0.3, -0.25) is 0 Å². The maximum absolute atomic E-state index is 3.56. The predicted molar refractivity (Wildman–Crippen MR) is 234 cm³/mol. The van der Waals surface area contributed by atoms with Crippen LogP contribution in [-0.2, 0) is 0 Å². The van der Waals surface area contributed by atoms with E-state index in [1.807, 2.05) is 0 Å². The van der Waals surface area contributed by atoms with E-state index in [0.717, 1.165) is 12.0 Å². The lowest BCUT2D eigenvalue weighted by Gasteiger charge is -2.17. The molecule has 0 fully saturated rings. The Hall–Kier alpha value is -6.68. The summed E-state index contributed by atoms with van der Waals surface area (Å²) in [4.78, 5) is 0. The van der Waals surface area contributed by atoms with Crippen molar-refractivity contribution < 1.29 is 0 Å². The van der Waals surface area contributed by atoms with Crippen molar-refractivity contribution in [2.45, 2.75) is 26.2 Å². The van der Waals surface area contributed by atoms with Gasteiger partial charge < -0.3 is 0 Å². The van der Waals surface area contributed by atoms with Gasteiger partial charge in [-0.25, -0.2) is 0 Å². The van der Waals surface area contributed by atoms with Gasteiger partial charge in [0.25, 0.3) is 0 Å². The van der Waals surface area contributed by atoms with Crippen LogP contribution >= 0.6 is 0 Å². The van der Waals surface area contributed by atoms with E-state index in [-0.39, 0.29) is 0 Å². The fraction of sp³-hybridized carbons (Fsp3) is 0.0741. The van der Waals surface area contributed by atoms with Crippen LogP contribution < -0.4 is 0 Å². The van der Waals surface area contributed by atoms with E-state index in [9.17, 15) is 0 Å². The highest BCUT2D eigenvalue weighted by Crippen LogP contribution is 2.42. The first kappa shape index (κ1) is 30.9. The zero-order valence-corrected chi connectivity index (χ0v) is 30.4. The van der Waals surface area contributed by atoms with Crippen LogP contribution in [0.4, 0.5) is 0 Å². The Labute approximate surface area is 315 Å². The van der Waals surface area contributed by atoms with Gasteiger partial charge in [0.2, 0.25) is 0 Å². The number of allylic oxidation sites excluding steroid dienone is 4. The Kier molecular flexibility index (Phi) is 6.82. The zero-order valence-electron chi connectivity index (χ0n) is 30.4. The first-order chi connectivity index (χ1) is 26.6. The van der Waals surface area contributed by atoms with Gasteiger partial charge in [-0.05, 0) is 121 Å². The van der Waals surface area contributed by atoms with Gasteiger partial charge in [0, 0.05) is 12.0 Å². The summed E-state index contributed by atoms with van der Waals surface area (Å²) < 4.78 is 0. The van der Waals surface area contributed by atoms with Crippen LogP contribution in [0.5, 0.6) is 0 Å². The Bertz CT molecular complexity index is 3210. The summed E-state index contributed by atoms with van der Waals surface area (Å²) in [5, 5.41) is 15.8. The second-order valence-electron chi connectivity index (χ2n) is 15.2. The molecule has 54 heavy (non-hydrogen) atoms. The Morgan fingerprint density at radius 3 is 1.46 bits per heavy atom. The Morgan fingerprint density at radius 2 is 0.889 bits per heavy atom. The smallest absolute Gasteiger partial charge is 0.0350 e. The topological polar surface area (TPSA) is 0 Å². The van der Waals surface area contributed by atoms with Crippen molar-refractivity contribution in [1.82, 2.24) is 0 Å². The minimum Gasteiger partial charge on any atom is -0.0931 e. The van der Waals surface area contributed by atoms with Crippen molar-refractivity contribution in [3.63, 3.8) is 0 Å². The molecule has 0 atom stereocenters. The van der Waals surface area contributed by atoms with Gasteiger partial charge in [0.15, 0.2) is 0 Å². The first-order valence-electron chi connectivity index (χ1n) is 19.1. The number of benzene rings is 10. The molecule has 0 saturated carbocycles. The summed E-state index contributed by atoms with van der Waals surface area (Å²) in [6, 6.07) is 56.6. The molecule has 0 amide bonds. The maximum atomic E-state index is 3.56. The average Bonchev–Trinajstić information content (AvgIpc) is 3.48. The molecule has 0 aromatic heterocycles. The van der Waals surface area contributed by atoms with Gasteiger partial charge in [-0.15, -0.1) is 0 Å². The van der Waals surface area contributed by atoms with Crippen molar-refractivity contribution in [2.24, 2.45) is 0 Å². The fourth-order valence-corrected chi connectivity index (χ4v) is 9.17. The highest BCUT2D eigenvalue weighted by molar-refractivity contribution is 6.26. The molecule has 0 nitrogen and oxygen atoms in total. The minimum atomic E-state index is 0.349. The molecular formula is C54H36. The maximum Gasteiger partial charge on any atom is 0.0350 e. The summed E-state index contributed by atoms with van der Waals surface area (Å²) in [6.45, 7) is 4.59. The number of hydrogen-bond acceptors (Lipinski definition) is 0. The van der Waals surface area contributed by atoms with Crippen LogP contribution in [0.25, 0.3) is 98.0 Å². The quantitative estimate of drug-likeness (QED) is 0.125. The van der Waals surface area contributed by atoms with Crippen LogP contribution in [0.3, 0.4) is 0 Å². The van der Waals surface area contributed by atoms with Crippen LogP contribution in [0.2, 0.25) is 0 Å². The molecule has 252 valence electrons. The molecule has 11 rings (SSSR count). The molecule has 0 aliphatic heterocycles. The summed E-state index contributed by atoms with van der Waals surface area (Å²) >= 11 is 0. The lowest BCUT2D eigenvalue weighted by atomic mass is 9.86. The van der Waals surface area contributed by atoms with Gasteiger partial charge >= 0.3 is 0 Å². The average molecular weight is 685 g/mol. The molecule has 1 aliphatic rings. The largest absolute Gasteiger partial charge is 0.0931 e. The lowest BCUT2D eigenvalue weighted by Crippen LogP contribution is -1.97. The summed E-state index contributed by atoms with van der Waals surface area (Å²) in [7, 11) is 0. The third-order valence-corrected chi connectivity index (χ3v) is 11.9. The highest BCUT2D eigenvalue weighted by atomic mass is 14.2. The van der Waals surface area contributed by atoms with Crippen LogP contribution in [0.15, 0.2) is 164 Å². The van der Waals surface area contributed by atoms with E-state index in [1.54, 1.807) is 0 Å². The van der Waals surface area contributed by atoms with E-state index in [1.165, 1.54) is 109 Å². The van der Waals surface area contributed by atoms with Crippen molar-refractivity contribution in [1.29, 1.82) is 0 Å². The van der Waals surface area contributed by atoms with E-state index in [0.29, 0.717) is 5.92 Å². The molecular weight excluding hydrogens is 649 g/mol. The molecule has 0 saturated heterocycles. The van der Waals surface area contributed by atoms with E-state index in [4.69, 9.17) is 0 Å². The lowest BCUT2D eigenvalue weighted by molar-refractivity contribution is 0.864. The van der Waals surface area contributed by atoms with E-state index >= 15 is 0 Å². The molecule has 0 radical (unpaired) electrons. The molecule has 0 heteroatoms. The molecule has 0 heterocycles. The Balaban J connectivity index is 0.940. The summed E-state index contributed by atoms with van der Waals surface area (Å²) in [6.07, 6.45) is 5.23. The Morgan fingerprint density at radius 1 is 0.426 bits per heavy atom. The van der Waals surface area contributed by atoms with Crippen molar-refractivity contribution in [3.05, 3.63) is 181 Å². The molecule has 10 aromatic rings. The molecule has 0 spiro atoms. The highest BCUT2D eigenvalue weighted by Gasteiger charge is 2.17. The SMILES string of the molecule is CC(C)c1cc(-c2ccc3ccc4cccc5ccc2c3c45)ccc1C1=CC=C(c2ccc(-c3ccc4ccc5cccc6ccc3c4c56)cc2)CC#C1. The van der Waals surface area contributed by atoms with E-state index < -0.39 is 0 Å². The molecule has 1 aliphatic carbocycles. The van der Waals surface area contributed by atoms with Crippen molar-refractivity contribution >= 4 is 75.8 Å². The third kappa shape index (κ3) is 4.72. The normalized spacial score (nSPS) is 13.3. The van der Waals surface area contributed by atoms with Crippen LogP contribution in [-0.4, -0.2) is 0 Å². The van der Waals surface area contributed by atoms with Crippen LogP contribution in [0, 0.1) is 11.8 Å². The van der Waals surface area contributed by atoms with E-state index in [2.05, 4.69) is 189 Å². The van der Waals surface area contributed by atoms with Gasteiger partial charge in [0.05, 0.1) is 0 Å². The second-order valence-corrected chi connectivity index (χ2v) is 15.2. The van der Waals surface area contributed by atoms with Crippen molar-refractivity contribution in [3.8, 4) is 34.1 Å². The molecule has 10 aromatic carbocycles. The second kappa shape index (κ2) is 11.9. The number of rotatable bonds is 5. The standard InChI is InChI=1S/C54H36/c1-33(2)50-32-44(47-28-23-43-21-19-39-9-5-11-41-25-31-49(47)54(43)52(39)41)26-29-46(50)36-7-3-6-34(12-15-36)35-13-16-37(17-14-35)45-27-22-42-20-18-38-8-4-10-40-24-30-48(45)53(42)51(38)40/h4-5,8-33H,6H2,1-2H3. The van der Waals surface area contributed by atoms with Crippen LogP contribution in [0.1, 0.15) is 42.9 Å². The monoisotopic (exact) mass is 684 g/mol. The van der Waals surface area contributed by atoms with Gasteiger partial charge in [0.1, 0.15) is 0 Å². The molecule has 0 N–H and O–H groups in total. The minimum absolute atomic E-state index is 0.349. The number of hydrogen-bond donors (Lipinski definition) is 0. The first-order valence-corrected chi connectivity index (χ1v) is 19.1. The fourth-order valence-electron chi connectivity index (χ4n) is 9.17. The van der Waals surface area contributed by atoms with Gasteiger partial charge in [-0.1, -0.05) is 183 Å². The molecule has 0 bridgehead atoms. The summed E-state index contributed by atoms with van der Waals surface area (Å²) in [5.41, 5.74) is 11.1. The molecule has 0 unspecified atom stereocenters. The van der Waals surface area contributed by atoms with Crippen molar-refractivity contribution in [2.75, 3.05) is 0 Å². The van der Waals surface area contributed by atoms with Gasteiger partial charge in [-0.2, -0.15) is 0 Å². The third-order valence-electron chi connectivity index (χ3n) is 11.9. The summed E-state index contributed by atoms with van der Waals surface area (Å²) in [5.74, 6) is 7.43. The predicted octanol–water partition coefficient (Wildman–Crippen LogP) is 14.8. The zero-order chi connectivity index (χ0) is 35.9.